The highest BCUT2D eigenvalue weighted by molar-refractivity contribution is 6.09. The Labute approximate surface area is 199 Å². The maximum Gasteiger partial charge on any atom is 0.263 e. The topological polar surface area (TPSA) is 56.6 Å². The Balaban J connectivity index is 1.56. The molecule has 0 aliphatic carbocycles. The third kappa shape index (κ3) is 4.03. The van der Waals surface area contributed by atoms with Crippen LogP contribution in [0.5, 0.6) is 11.5 Å². The normalized spacial score (nSPS) is 12.8. The zero-order valence-corrected chi connectivity index (χ0v) is 19.4. The zero-order chi connectivity index (χ0) is 23.5. The van der Waals surface area contributed by atoms with E-state index < -0.39 is 0 Å². The highest BCUT2D eigenvalue weighted by Gasteiger charge is 2.32. The van der Waals surface area contributed by atoms with Crippen LogP contribution in [0, 0.1) is 6.92 Å². The number of anilines is 1. The van der Waals surface area contributed by atoms with E-state index in [0.717, 1.165) is 46.9 Å². The van der Waals surface area contributed by atoms with Gasteiger partial charge >= 0.3 is 0 Å². The van der Waals surface area contributed by atoms with E-state index in [-0.39, 0.29) is 5.91 Å². The summed E-state index contributed by atoms with van der Waals surface area (Å²) in [6.07, 6.45) is 0.834. The number of nitrogens with zero attached hydrogens (tertiary/aromatic N) is 3. The number of carbonyl (C=O) groups excluding carboxylic acids is 1. The summed E-state index contributed by atoms with van der Waals surface area (Å²) in [7, 11) is 1.59. The summed E-state index contributed by atoms with van der Waals surface area (Å²) in [5.74, 6) is 2.03. The molecule has 172 valence electrons. The molecule has 1 amide bonds. The predicted molar refractivity (Wildman–Crippen MR) is 132 cm³/mol. The van der Waals surface area contributed by atoms with Gasteiger partial charge in [0.2, 0.25) is 0 Å². The second-order valence-corrected chi connectivity index (χ2v) is 8.29. The molecule has 5 rings (SSSR count). The maximum atomic E-state index is 13.7. The molecule has 2 heterocycles. The maximum absolute atomic E-state index is 13.7. The zero-order valence-electron chi connectivity index (χ0n) is 19.4. The summed E-state index contributed by atoms with van der Waals surface area (Å²) in [5.41, 5.74) is 4.35. The monoisotopic (exact) mass is 453 g/mol. The van der Waals surface area contributed by atoms with Gasteiger partial charge < -0.3 is 9.47 Å². The van der Waals surface area contributed by atoms with Gasteiger partial charge in [0, 0.05) is 18.7 Å². The van der Waals surface area contributed by atoms with Crippen LogP contribution in [0.3, 0.4) is 0 Å². The lowest BCUT2D eigenvalue weighted by Gasteiger charge is -2.29. The Morgan fingerprint density at radius 1 is 0.912 bits per heavy atom. The van der Waals surface area contributed by atoms with Crippen molar-refractivity contribution >= 4 is 11.7 Å². The van der Waals surface area contributed by atoms with E-state index in [1.807, 2.05) is 89.3 Å². The lowest BCUT2D eigenvalue weighted by atomic mass is 10.0. The second-order valence-electron chi connectivity index (χ2n) is 8.29. The fourth-order valence-corrected chi connectivity index (χ4v) is 4.50. The summed E-state index contributed by atoms with van der Waals surface area (Å²) in [6.45, 7) is 3.82. The molecule has 1 aliphatic heterocycles. The van der Waals surface area contributed by atoms with Crippen LogP contribution in [0.2, 0.25) is 0 Å². The van der Waals surface area contributed by atoms with Crippen LogP contribution in [-0.2, 0) is 13.2 Å². The average molecular weight is 454 g/mol. The Kier molecular flexibility index (Phi) is 6.04. The van der Waals surface area contributed by atoms with Gasteiger partial charge in [0.05, 0.1) is 23.9 Å². The molecule has 0 radical (unpaired) electrons. The molecule has 3 aromatic carbocycles. The summed E-state index contributed by atoms with van der Waals surface area (Å²) in [4.78, 5) is 15.5. The van der Waals surface area contributed by atoms with Crippen molar-refractivity contribution in [2.45, 2.75) is 26.5 Å². The number of aryl methyl sites for hydroxylation is 2. The number of para-hydroxylation sites is 2. The Bertz CT molecular complexity index is 1310. The van der Waals surface area contributed by atoms with Crippen LogP contribution in [0.15, 0.2) is 78.9 Å². The Morgan fingerprint density at radius 3 is 2.41 bits per heavy atom. The van der Waals surface area contributed by atoms with Gasteiger partial charge in [-0.3, -0.25) is 9.69 Å². The van der Waals surface area contributed by atoms with Gasteiger partial charge in [-0.2, -0.15) is 5.10 Å². The molecule has 0 saturated carbocycles. The molecule has 6 nitrogen and oxygen atoms in total. The van der Waals surface area contributed by atoms with Crippen LogP contribution in [0.4, 0.5) is 5.82 Å². The van der Waals surface area contributed by atoms with Crippen LogP contribution >= 0.6 is 0 Å². The number of rotatable bonds is 6. The van der Waals surface area contributed by atoms with Gasteiger partial charge in [-0.25, -0.2) is 4.68 Å². The number of benzene rings is 3. The van der Waals surface area contributed by atoms with E-state index in [2.05, 4.69) is 0 Å². The van der Waals surface area contributed by atoms with Crippen molar-refractivity contribution in [3.05, 3.63) is 95.7 Å². The molecule has 0 atom stereocenters. The average Bonchev–Trinajstić information content (AvgIpc) is 3.23. The van der Waals surface area contributed by atoms with Crippen molar-refractivity contribution in [3.8, 4) is 22.6 Å². The van der Waals surface area contributed by atoms with Crippen LogP contribution in [0.1, 0.15) is 28.0 Å². The fraction of sp³-hybridized carbons (Fsp3) is 0.214. The first-order valence-electron chi connectivity index (χ1n) is 11.5. The van der Waals surface area contributed by atoms with Gasteiger partial charge in [-0.1, -0.05) is 60.7 Å². The van der Waals surface area contributed by atoms with Crippen LogP contribution in [-0.4, -0.2) is 29.3 Å². The van der Waals surface area contributed by atoms with E-state index in [9.17, 15) is 4.79 Å². The number of hydrogen-bond donors (Lipinski definition) is 0. The van der Waals surface area contributed by atoms with E-state index in [0.29, 0.717) is 24.5 Å². The van der Waals surface area contributed by atoms with Crippen molar-refractivity contribution in [1.82, 2.24) is 9.78 Å². The first-order valence-corrected chi connectivity index (χ1v) is 11.5. The van der Waals surface area contributed by atoms with Crippen molar-refractivity contribution in [3.63, 3.8) is 0 Å². The molecular formula is C28H27N3O3. The number of ether oxygens (including phenoxy) is 2. The largest absolute Gasteiger partial charge is 0.496 e. The predicted octanol–water partition coefficient (Wildman–Crippen LogP) is 5.50. The van der Waals surface area contributed by atoms with E-state index in [1.165, 1.54) is 0 Å². The number of methoxy groups -OCH3 is 1. The van der Waals surface area contributed by atoms with Crippen molar-refractivity contribution in [2.24, 2.45) is 0 Å². The molecule has 1 aromatic heterocycles. The molecule has 0 fully saturated rings. The Hall–Kier alpha value is -4.06. The Morgan fingerprint density at radius 2 is 1.62 bits per heavy atom. The fourth-order valence-electron chi connectivity index (χ4n) is 4.50. The lowest BCUT2D eigenvalue weighted by molar-refractivity contribution is 0.0978. The number of fused-ring (bicyclic) bond motifs is 1. The number of amides is 1. The lowest BCUT2D eigenvalue weighted by Crippen LogP contribution is -2.38. The molecule has 0 N–H and O–H groups in total. The molecule has 0 unspecified atom stereocenters. The minimum Gasteiger partial charge on any atom is -0.496 e. The molecular weight excluding hydrogens is 426 g/mol. The number of aromatic nitrogens is 2. The first-order chi connectivity index (χ1) is 16.7. The number of hydrogen-bond acceptors (Lipinski definition) is 4. The minimum atomic E-state index is -0.0952. The molecule has 0 bridgehead atoms. The van der Waals surface area contributed by atoms with Crippen LogP contribution in [0.25, 0.3) is 11.1 Å². The highest BCUT2D eigenvalue weighted by atomic mass is 16.5. The second kappa shape index (κ2) is 9.43. The summed E-state index contributed by atoms with van der Waals surface area (Å²) < 4.78 is 13.7. The first kappa shape index (κ1) is 21.8. The van der Waals surface area contributed by atoms with Gasteiger partial charge in [-0.05, 0) is 37.1 Å². The van der Waals surface area contributed by atoms with Gasteiger partial charge in [0.25, 0.3) is 5.91 Å². The van der Waals surface area contributed by atoms with Gasteiger partial charge in [0.1, 0.15) is 23.9 Å². The molecule has 0 spiro atoms. The summed E-state index contributed by atoms with van der Waals surface area (Å²) >= 11 is 0. The quantitative estimate of drug-likeness (QED) is 0.387. The summed E-state index contributed by atoms with van der Waals surface area (Å²) in [5, 5.41) is 4.79. The number of carbonyl (C=O) groups is 1. The summed E-state index contributed by atoms with van der Waals surface area (Å²) in [6, 6.07) is 25.4. The molecule has 6 heteroatoms. The van der Waals surface area contributed by atoms with Gasteiger partial charge in [0.15, 0.2) is 0 Å². The third-order valence-corrected chi connectivity index (χ3v) is 6.08. The van der Waals surface area contributed by atoms with Crippen molar-refractivity contribution < 1.29 is 14.3 Å². The molecule has 1 aliphatic rings. The van der Waals surface area contributed by atoms with E-state index >= 15 is 0 Å². The van der Waals surface area contributed by atoms with Crippen LogP contribution < -0.4 is 14.4 Å². The standard InChI is InChI=1S/C28H27N3O3/c1-20-26(22-13-6-9-16-25(22)34-19-21-11-4-3-5-12-21)27-30(17-10-18-31(27)29-20)28(32)23-14-7-8-15-24(23)33-2/h3-9,11-16H,10,17-19H2,1-2H3. The smallest absolute Gasteiger partial charge is 0.263 e. The van der Waals surface area contributed by atoms with E-state index in [4.69, 9.17) is 14.6 Å². The highest BCUT2D eigenvalue weighted by Crippen LogP contribution is 2.41. The third-order valence-electron chi connectivity index (χ3n) is 6.08. The molecule has 34 heavy (non-hydrogen) atoms. The van der Waals surface area contributed by atoms with Crippen molar-refractivity contribution in [1.29, 1.82) is 0 Å². The molecule has 0 saturated heterocycles. The van der Waals surface area contributed by atoms with E-state index in [1.54, 1.807) is 13.2 Å². The van der Waals surface area contributed by atoms with Gasteiger partial charge in [-0.15, -0.1) is 0 Å². The molecule has 4 aromatic rings. The minimum absolute atomic E-state index is 0.0952. The van der Waals surface area contributed by atoms with Crippen molar-refractivity contribution in [2.75, 3.05) is 18.6 Å². The SMILES string of the molecule is COc1ccccc1C(=O)N1CCCn2nc(C)c(-c3ccccc3OCc3ccccc3)c21.